The smallest absolute Gasteiger partial charge is 0.321 e. The fraction of sp³-hybridized carbons (Fsp3) is 0.500. The Morgan fingerprint density at radius 3 is 2.79 bits per heavy atom. The van der Waals surface area contributed by atoms with Crippen molar-refractivity contribution in [2.45, 2.75) is 13.8 Å². The molecule has 0 unspecified atom stereocenters. The van der Waals surface area contributed by atoms with Crippen LogP contribution in [0, 0.1) is 6.92 Å². The number of hydrogen-bond acceptors (Lipinski definition) is 3. The Bertz CT molecular complexity index is 442. The molecule has 19 heavy (non-hydrogen) atoms. The molecule has 1 aliphatic heterocycles. The van der Waals surface area contributed by atoms with Crippen molar-refractivity contribution in [2.24, 2.45) is 0 Å². The van der Waals surface area contributed by atoms with E-state index >= 15 is 0 Å². The number of amides is 2. The first-order valence-corrected chi connectivity index (χ1v) is 6.58. The highest BCUT2D eigenvalue weighted by Gasteiger charge is 2.16. The summed E-state index contributed by atoms with van der Waals surface area (Å²) in [6.45, 7) is 7.05. The van der Waals surface area contributed by atoms with Crippen LogP contribution in [0.15, 0.2) is 18.2 Å². The van der Waals surface area contributed by atoms with Crippen LogP contribution in [-0.4, -0.2) is 43.8 Å². The molecule has 5 heteroatoms. The molecule has 0 spiro atoms. The number of morpholine rings is 1. The van der Waals surface area contributed by atoms with Crippen molar-refractivity contribution in [2.75, 3.05) is 38.2 Å². The average Bonchev–Trinajstić information content (AvgIpc) is 2.43. The molecule has 1 aliphatic rings. The molecule has 1 N–H and O–H groups in total. The predicted molar refractivity (Wildman–Crippen MR) is 73.8 cm³/mol. The van der Waals surface area contributed by atoms with Gasteiger partial charge in [0.15, 0.2) is 0 Å². The summed E-state index contributed by atoms with van der Waals surface area (Å²) in [4.78, 5) is 13.8. The highest BCUT2D eigenvalue weighted by molar-refractivity contribution is 5.89. The van der Waals surface area contributed by atoms with Gasteiger partial charge in [-0.15, -0.1) is 0 Å². The number of nitrogens with zero attached hydrogens (tertiary/aromatic N) is 1. The zero-order chi connectivity index (χ0) is 13.7. The lowest BCUT2D eigenvalue weighted by Gasteiger charge is -2.27. The van der Waals surface area contributed by atoms with Gasteiger partial charge in [-0.25, -0.2) is 4.79 Å². The van der Waals surface area contributed by atoms with E-state index in [1.807, 2.05) is 32.0 Å². The van der Waals surface area contributed by atoms with Crippen LogP contribution >= 0.6 is 0 Å². The standard InChI is InChI=1S/C14H20N2O3/c1-3-19-13-5-4-12(10-11(13)2)15-14(17)16-6-8-18-9-7-16/h4-5,10H,3,6-9H2,1-2H3,(H,15,17). The lowest BCUT2D eigenvalue weighted by molar-refractivity contribution is 0.0564. The molecule has 1 fully saturated rings. The second kappa shape index (κ2) is 6.43. The number of hydrogen-bond donors (Lipinski definition) is 1. The van der Waals surface area contributed by atoms with Crippen molar-refractivity contribution in [1.29, 1.82) is 0 Å². The van der Waals surface area contributed by atoms with E-state index in [1.165, 1.54) is 0 Å². The number of benzene rings is 1. The van der Waals surface area contributed by atoms with E-state index in [-0.39, 0.29) is 6.03 Å². The van der Waals surface area contributed by atoms with Crippen molar-refractivity contribution in [3.63, 3.8) is 0 Å². The summed E-state index contributed by atoms with van der Waals surface area (Å²) in [6.07, 6.45) is 0. The number of ether oxygens (including phenoxy) is 2. The molecular weight excluding hydrogens is 244 g/mol. The number of anilines is 1. The van der Waals surface area contributed by atoms with E-state index in [1.54, 1.807) is 4.90 Å². The number of nitrogens with one attached hydrogen (secondary N) is 1. The monoisotopic (exact) mass is 264 g/mol. The molecule has 1 aromatic rings. The summed E-state index contributed by atoms with van der Waals surface area (Å²) in [6, 6.07) is 5.58. The van der Waals surface area contributed by atoms with E-state index < -0.39 is 0 Å². The van der Waals surface area contributed by atoms with Crippen molar-refractivity contribution < 1.29 is 14.3 Å². The fourth-order valence-corrected chi connectivity index (χ4v) is 2.01. The molecule has 1 saturated heterocycles. The van der Waals surface area contributed by atoms with Gasteiger partial charge >= 0.3 is 6.03 Å². The van der Waals surface area contributed by atoms with Crippen molar-refractivity contribution in [3.8, 4) is 5.75 Å². The Morgan fingerprint density at radius 2 is 2.16 bits per heavy atom. The summed E-state index contributed by atoms with van der Waals surface area (Å²) < 4.78 is 10.7. The van der Waals surface area contributed by atoms with Gasteiger partial charge in [0.25, 0.3) is 0 Å². The molecule has 1 heterocycles. The molecule has 0 saturated carbocycles. The van der Waals surface area contributed by atoms with Gasteiger partial charge in [-0.3, -0.25) is 0 Å². The molecule has 0 atom stereocenters. The predicted octanol–water partition coefficient (Wildman–Crippen LogP) is 2.26. The second-order valence-electron chi connectivity index (χ2n) is 4.44. The third kappa shape index (κ3) is 3.61. The normalized spacial score (nSPS) is 15.2. The number of urea groups is 1. The van der Waals surface area contributed by atoms with Crippen LogP contribution in [0.1, 0.15) is 12.5 Å². The first-order chi connectivity index (χ1) is 9.20. The Kier molecular flexibility index (Phi) is 4.63. The van der Waals surface area contributed by atoms with Crippen molar-refractivity contribution in [1.82, 2.24) is 4.90 Å². The van der Waals surface area contributed by atoms with Crippen molar-refractivity contribution in [3.05, 3.63) is 23.8 Å². The lowest BCUT2D eigenvalue weighted by atomic mass is 10.2. The Labute approximate surface area is 113 Å². The van der Waals surface area contributed by atoms with Gasteiger partial charge in [0, 0.05) is 18.8 Å². The van der Waals surface area contributed by atoms with E-state index in [4.69, 9.17) is 9.47 Å². The van der Waals surface area contributed by atoms with Gasteiger partial charge in [0.05, 0.1) is 19.8 Å². The summed E-state index contributed by atoms with van der Waals surface area (Å²) in [7, 11) is 0. The van der Waals surface area contributed by atoms with Gasteiger partial charge in [0.1, 0.15) is 5.75 Å². The molecule has 5 nitrogen and oxygen atoms in total. The molecule has 0 aromatic heterocycles. The van der Waals surface area contributed by atoms with Gasteiger partial charge in [-0.05, 0) is 37.6 Å². The fourth-order valence-electron chi connectivity index (χ4n) is 2.01. The minimum absolute atomic E-state index is 0.0770. The van der Waals surface area contributed by atoms with Crippen LogP contribution in [0.2, 0.25) is 0 Å². The third-order valence-electron chi connectivity index (χ3n) is 3.02. The molecular formula is C14H20N2O3. The van der Waals surface area contributed by atoms with E-state index in [0.717, 1.165) is 17.0 Å². The van der Waals surface area contributed by atoms with Crippen LogP contribution in [0.25, 0.3) is 0 Å². The molecule has 104 valence electrons. The minimum Gasteiger partial charge on any atom is -0.494 e. The van der Waals surface area contributed by atoms with Crippen LogP contribution in [0.3, 0.4) is 0 Å². The van der Waals surface area contributed by atoms with Crippen LogP contribution in [0.5, 0.6) is 5.75 Å². The highest BCUT2D eigenvalue weighted by Crippen LogP contribution is 2.22. The van der Waals surface area contributed by atoms with Crippen LogP contribution < -0.4 is 10.1 Å². The molecule has 2 amide bonds. The zero-order valence-electron chi connectivity index (χ0n) is 11.4. The number of carbonyl (C=O) groups is 1. The number of aryl methyl sites for hydroxylation is 1. The van der Waals surface area contributed by atoms with Gasteiger partial charge < -0.3 is 19.7 Å². The summed E-state index contributed by atoms with van der Waals surface area (Å²) in [5.41, 5.74) is 1.80. The Balaban J connectivity index is 1.98. The first kappa shape index (κ1) is 13.7. The van der Waals surface area contributed by atoms with E-state index in [9.17, 15) is 4.79 Å². The van der Waals surface area contributed by atoms with Crippen LogP contribution in [0.4, 0.5) is 10.5 Å². The van der Waals surface area contributed by atoms with E-state index in [0.29, 0.717) is 32.9 Å². The summed E-state index contributed by atoms with van der Waals surface area (Å²) in [5, 5.41) is 2.90. The topological polar surface area (TPSA) is 50.8 Å². The highest BCUT2D eigenvalue weighted by atomic mass is 16.5. The zero-order valence-corrected chi connectivity index (χ0v) is 11.4. The maximum absolute atomic E-state index is 12.0. The molecule has 0 radical (unpaired) electrons. The minimum atomic E-state index is -0.0770. The van der Waals surface area contributed by atoms with Crippen molar-refractivity contribution >= 4 is 11.7 Å². The van der Waals surface area contributed by atoms with Crippen LogP contribution in [-0.2, 0) is 4.74 Å². The molecule has 0 bridgehead atoms. The molecule has 0 aliphatic carbocycles. The average molecular weight is 264 g/mol. The van der Waals surface area contributed by atoms with Gasteiger partial charge in [0.2, 0.25) is 0 Å². The number of carbonyl (C=O) groups excluding carboxylic acids is 1. The van der Waals surface area contributed by atoms with E-state index in [2.05, 4.69) is 5.32 Å². The quantitative estimate of drug-likeness (QED) is 0.911. The first-order valence-electron chi connectivity index (χ1n) is 6.58. The summed E-state index contributed by atoms with van der Waals surface area (Å²) >= 11 is 0. The maximum atomic E-state index is 12.0. The number of rotatable bonds is 3. The Hall–Kier alpha value is -1.75. The largest absolute Gasteiger partial charge is 0.494 e. The molecule has 1 aromatic carbocycles. The summed E-state index contributed by atoms with van der Waals surface area (Å²) in [5.74, 6) is 0.854. The third-order valence-corrected chi connectivity index (χ3v) is 3.02. The van der Waals surface area contributed by atoms with Gasteiger partial charge in [-0.2, -0.15) is 0 Å². The Morgan fingerprint density at radius 1 is 1.42 bits per heavy atom. The lowest BCUT2D eigenvalue weighted by Crippen LogP contribution is -2.43. The second-order valence-corrected chi connectivity index (χ2v) is 4.44. The molecule has 2 rings (SSSR count). The maximum Gasteiger partial charge on any atom is 0.321 e. The SMILES string of the molecule is CCOc1ccc(NC(=O)N2CCOCC2)cc1C. The van der Waals surface area contributed by atoms with Gasteiger partial charge in [-0.1, -0.05) is 0 Å².